The molecule has 7 nitrogen and oxygen atoms in total. The summed E-state index contributed by atoms with van der Waals surface area (Å²) in [5.41, 5.74) is 4.66. The van der Waals surface area contributed by atoms with Gasteiger partial charge in [-0.25, -0.2) is 15.0 Å². The summed E-state index contributed by atoms with van der Waals surface area (Å²) >= 11 is 0. The average molecular weight is 442 g/mol. The first-order chi connectivity index (χ1) is 16.0. The van der Waals surface area contributed by atoms with Crippen LogP contribution < -0.4 is 10.3 Å². The standard InChI is InChI=1S/C26H27N5O2/c1-5-16(2)31-17(3)27-24-22(26(31)32)23-25(29-21-9-7-6-8-20(21)28-23)30(24)15-14-18-10-12-19(33-4)13-11-18/h6-13,16H,5,14-15H2,1-4H3/t16-/m0/s1. The van der Waals surface area contributed by atoms with E-state index < -0.39 is 0 Å². The molecular weight excluding hydrogens is 414 g/mol. The first-order valence-electron chi connectivity index (χ1n) is 11.3. The molecule has 0 N–H and O–H groups in total. The number of methoxy groups -OCH3 is 1. The summed E-state index contributed by atoms with van der Waals surface area (Å²) in [7, 11) is 1.66. The van der Waals surface area contributed by atoms with Crippen molar-refractivity contribution >= 4 is 33.2 Å². The summed E-state index contributed by atoms with van der Waals surface area (Å²) < 4.78 is 9.10. The number of ether oxygens (including phenoxy) is 1. The van der Waals surface area contributed by atoms with Gasteiger partial charge in [-0.3, -0.25) is 9.36 Å². The molecule has 168 valence electrons. The molecule has 1 atom stereocenters. The van der Waals surface area contributed by atoms with E-state index in [1.807, 2.05) is 54.8 Å². The summed E-state index contributed by atoms with van der Waals surface area (Å²) in [6.45, 7) is 6.66. The highest BCUT2D eigenvalue weighted by Gasteiger charge is 2.22. The van der Waals surface area contributed by atoms with Gasteiger partial charge >= 0.3 is 0 Å². The molecule has 3 heterocycles. The Labute approximate surface area is 191 Å². The van der Waals surface area contributed by atoms with Crippen molar-refractivity contribution in [1.82, 2.24) is 24.1 Å². The molecular formula is C26H27N5O2. The summed E-state index contributed by atoms with van der Waals surface area (Å²) in [6, 6.07) is 15.9. The van der Waals surface area contributed by atoms with E-state index in [0.29, 0.717) is 34.6 Å². The normalized spacial score (nSPS) is 12.6. The first kappa shape index (κ1) is 21.1. The summed E-state index contributed by atoms with van der Waals surface area (Å²) in [4.78, 5) is 28.4. The predicted molar refractivity (Wildman–Crippen MR) is 131 cm³/mol. The van der Waals surface area contributed by atoms with Gasteiger partial charge in [0.1, 0.15) is 22.5 Å². The van der Waals surface area contributed by atoms with Crippen LogP contribution in [0.25, 0.3) is 33.2 Å². The number of aryl methyl sites for hydroxylation is 3. The minimum Gasteiger partial charge on any atom is -0.497 e. The maximum Gasteiger partial charge on any atom is 0.265 e. The van der Waals surface area contributed by atoms with Crippen LogP contribution >= 0.6 is 0 Å². The summed E-state index contributed by atoms with van der Waals surface area (Å²) in [5, 5.41) is 0.545. The van der Waals surface area contributed by atoms with Crippen molar-refractivity contribution in [3.63, 3.8) is 0 Å². The Morgan fingerprint density at radius 2 is 1.67 bits per heavy atom. The van der Waals surface area contributed by atoms with Crippen LogP contribution in [0.3, 0.4) is 0 Å². The molecule has 3 aromatic heterocycles. The van der Waals surface area contributed by atoms with Gasteiger partial charge in [0.05, 0.1) is 18.1 Å². The van der Waals surface area contributed by atoms with Crippen LogP contribution in [0.15, 0.2) is 53.3 Å². The Hall–Kier alpha value is -3.74. The lowest BCUT2D eigenvalue weighted by Crippen LogP contribution is -2.26. The number of para-hydroxylation sites is 2. The number of aromatic nitrogens is 5. The molecule has 2 aromatic carbocycles. The van der Waals surface area contributed by atoms with Crippen LogP contribution in [-0.2, 0) is 13.0 Å². The molecule has 5 aromatic rings. The average Bonchev–Trinajstić information content (AvgIpc) is 3.13. The van der Waals surface area contributed by atoms with Crippen LogP contribution in [0.1, 0.15) is 37.7 Å². The lowest BCUT2D eigenvalue weighted by molar-refractivity contribution is 0.414. The highest BCUT2D eigenvalue weighted by molar-refractivity contribution is 6.04. The highest BCUT2D eigenvalue weighted by Crippen LogP contribution is 2.27. The van der Waals surface area contributed by atoms with E-state index in [9.17, 15) is 4.79 Å². The van der Waals surface area contributed by atoms with E-state index >= 15 is 0 Å². The molecule has 0 spiro atoms. The van der Waals surface area contributed by atoms with E-state index in [2.05, 4.69) is 19.1 Å². The largest absolute Gasteiger partial charge is 0.497 e. The molecule has 0 bridgehead atoms. The second-order valence-corrected chi connectivity index (χ2v) is 8.42. The monoisotopic (exact) mass is 441 g/mol. The lowest BCUT2D eigenvalue weighted by atomic mass is 10.1. The van der Waals surface area contributed by atoms with Gasteiger partial charge in [0, 0.05) is 12.6 Å². The third-order valence-electron chi connectivity index (χ3n) is 6.39. The number of benzene rings is 2. The van der Waals surface area contributed by atoms with Crippen molar-refractivity contribution in [2.24, 2.45) is 0 Å². The molecule has 0 saturated heterocycles. The van der Waals surface area contributed by atoms with E-state index in [-0.39, 0.29) is 11.6 Å². The van der Waals surface area contributed by atoms with Gasteiger partial charge in [0.15, 0.2) is 11.3 Å². The second-order valence-electron chi connectivity index (χ2n) is 8.42. The molecule has 33 heavy (non-hydrogen) atoms. The van der Waals surface area contributed by atoms with Gasteiger partial charge in [-0.15, -0.1) is 0 Å². The highest BCUT2D eigenvalue weighted by atomic mass is 16.5. The van der Waals surface area contributed by atoms with Crippen molar-refractivity contribution in [3.05, 3.63) is 70.3 Å². The molecule has 7 heteroatoms. The van der Waals surface area contributed by atoms with Gasteiger partial charge in [-0.2, -0.15) is 0 Å². The van der Waals surface area contributed by atoms with Crippen molar-refractivity contribution in [1.29, 1.82) is 0 Å². The maximum absolute atomic E-state index is 13.7. The smallest absolute Gasteiger partial charge is 0.265 e. The summed E-state index contributed by atoms with van der Waals surface area (Å²) in [6.07, 6.45) is 1.62. The number of fused-ring (bicyclic) bond motifs is 4. The van der Waals surface area contributed by atoms with E-state index in [0.717, 1.165) is 29.6 Å². The summed E-state index contributed by atoms with van der Waals surface area (Å²) in [5.74, 6) is 1.54. The molecule has 0 fully saturated rings. The SMILES string of the molecule is CC[C@H](C)n1c(C)nc2c(c1=O)c1nc3ccccc3nc1n2CCc1ccc(OC)cc1. The molecule has 5 rings (SSSR count). The molecule has 0 saturated carbocycles. The predicted octanol–water partition coefficient (Wildman–Crippen LogP) is 4.83. The van der Waals surface area contributed by atoms with E-state index in [1.165, 1.54) is 5.56 Å². The number of hydrogen-bond acceptors (Lipinski definition) is 5. The van der Waals surface area contributed by atoms with Gasteiger partial charge in [-0.1, -0.05) is 31.2 Å². The molecule has 0 aliphatic heterocycles. The zero-order valence-corrected chi connectivity index (χ0v) is 19.4. The lowest BCUT2D eigenvalue weighted by Gasteiger charge is -2.16. The zero-order chi connectivity index (χ0) is 23.1. The molecule has 0 aliphatic rings. The third kappa shape index (κ3) is 3.53. The van der Waals surface area contributed by atoms with Crippen LogP contribution in [0.2, 0.25) is 0 Å². The van der Waals surface area contributed by atoms with Crippen molar-refractivity contribution < 1.29 is 4.74 Å². The molecule has 0 amide bonds. The zero-order valence-electron chi connectivity index (χ0n) is 19.4. The Morgan fingerprint density at radius 1 is 0.970 bits per heavy atom. The Kier molecular flexibility index (Phi) is 5.32. The van der Waals surface area contributed by atoms with Crippen molar-refractivity contribution in [2.75, 3.05) is 7.11 Å². The van der Waals surface area contributed by atoms with Crippen LogP contribution in [-0.4, -0.2) is 31.2 Å². The van der Waals surface area contributed by atoms with Crippen molar-refractivity contribution in [3.8, 4) is 5.75 Å². The fourth-order valence-corrected chi connectivity index (χ4v) is 4.42. The van der Waals surface area contributed by atoms with Gasteiger partial charge < -0.3 is 9.30 Å². The second kappa shape index (κ2) is 8.31. The molecule has 0 radical (unpaired) electrons. The van der Waals surface area contributed by atoms with Gasteiger partial charge in [0.25, 0.3) is 5.56 Å². The fourth-order valence-electron chi connectivity index (χ4n) is 4.42. The van der Waals surface area contributed by atoms with Crippen LogP contribution in [0.4, 0.5) is 0 Å². The van der Waals surface area contributed by atoms with Crippen molar-refractivity contribution in [2.45, 2.75) is 46.2 Å². The van der Waals surface area contributed by atoms with Gasteiger partial charge in [-0.05, 0) is 56.5 Å². The van der Waals surface area contributed by atoms with Crippen LogP contribution in [0.5, 0.6) is 5.75 Å². The molecule has 0 aliphatic carbocycles. The fraction of sp³-hybridized carbons (Fsp3) is 0.308. The first-order valence-corrected chi connectivity index (χ1v) is 11.3. The topological polar surface area (TPSA) is 74.8 Å². The number of nitrogens with zero attached hydrogens (tertiary/aromatic N) is 5. The number of hydrogen-bond donors (Lipinski definition) is 0. The Morgan fingerprint density at radius 3 is 2.33 bits per heavy atom. The van der Waals surface area contributed by atoms with E-state index in [4.69, 9.17) is 19.7 Å². The quantitative estimate of drug-likeness (QED) is 0.377. The van der Waals surface area contributed by atoms with Crippen LogP contribution in [0, 0.1) is 6.92 Å². The van der Waals surface area contributed by atoms with Gasteiger partial charge in [0.2, 0.25) is 0 Å². The minimum absolute atomic E-state index is 0.0513. The Bertz CT molecular complexity index is 1530. The Balaban J connectivity index is 1.74. The van der Waals surface area contributed by atoms with E-state index in [1.54, 1.807) is 11.7 Å². The number of rotatable bonds is 6. The molecule has 0 unspecified atom stereocenters. The third-order valence-corrected chi connectivity index (χ3v) is 6.39. The maximum atomic E-state index is 13.7. The minimum atomic E-state index is -0.0513.